The zero-order chi connectivity index (χ0) is 17.1. The van der Waals surface area contributed by atoms with E-state index in [0.717, 1.165) is 10.2 Å². The van der Waals surface area contributed by atoms with Gasteiger partial charge in [-0.3, -0.25) is 9.59 Å². The Morgan fingerprint density at radius 1 is 1.25 bits per heavy atom. The lowest BCUT2D eigenvalue weighted by molar-refractivity contribution is -0.129. The summed E-state index contributed by atoms with van der Waals surface area (Å²) in [7, 11) is 0. The van der Waals surface area contributed by atoms with E-state index < -0.39 is 5.92 Å². The summed E-state index contributed by atoms with van der Waals surface area (Å²) in [6.45, 7) is 0.526. The molecule has 2 aromatic carbocycles. The largest absolute Gasteiger partial charge is 0.325 e. The number of benzene rings is 2. The van der Waals surface area contributed by atoms with Crippen LogP contribution in [-0.2, 0) is 9.59 Å². The molecule has 0 aromatic heterocycles. The van der Waals surface area contributed by atoms with Gasteiger partial charge in [-0.25, -0.2) is 0 Å². The van der Waals surface area contributed by atoms with Gasteiger partial charge in [0, 0.05) is 28.0 Å². The molecule has 1 N–H and O–H groups in total. The van der Waals surface area contributed by atoms with Gasteiger partial charge in [0.15, 0.2) is 0 Å². The molecule has 0 saturated carbocycles. The van der Waals surface area contributed by atoms with Crippen LogP contribution in [0.25, 0.3) is 0 Å². The van der Waals surface area contributed by atoms with E-state index in [1.54, 1.807) is 29.2 Å². The van der Waals surface area contributed by atoms with Crippen molar-refractivity contribution in [3.63, 3.8) is 0 Å². The second kappa shape index (κ2) is 6.90. The average molecular weight is 383 g/mol. The van der Waals surface area contributed by atoms with Crippen LogP contribution in [0.4, 0.5) is 11.4 Å². The number of nitrogens with zero attached hydrogens (tertiary/aromatic N) is 1. The summed E-state index contributed by atoms with van der Waals surface area (Å²) < 4.78 is 0.895. The van der Waals surface area contributed by atoms with Gasteiger partial charge >= 0.3 is 0 Å². The first kappa shape index (κ1) is 16.3. The van der Waals surface area contributed by atoms with E-state index in [0.29, 0.717) is 24.2 Å². The predicted octanol–water partition coefficient (Wildman–Crippen LogP) is 3.42. The maximum Gasteiger partial charge on any atom is 0.239 e. The highest BCUT2D eigenvalue weighted by Gasteiger charge is 2.37. The van der Waals surface area contributed by atoms with Crippen molar-refractivity contribution in [3.05, 3.63) is 58.6 Å². The summed E-state index contributed by atoms with van der Waals surface area (Å²) in [6.07, 6.45) is 5.85. The SMILES string of the molecule is C#Cc1cccc(NC(=O)C2CCN(c3cccc(Br)c3)C2=O)c1. The molecule has 1 saturated heterocycles. The van der Waals surface area contributed by atoms with E-state index >= 15 is 0 Å². The normalized spacial score (nSPS) is 16.8. The average Bonchev–Trinajstić information content (AvgIpc) is 2.96. The lowest BCUT2D eigenvalue weighted by Gasteiger charge is -2.17. The number of carbonyl (C=O) groups is 2. The van der Waals surface area contributed by atoms with Crippen LogP contribution >= 0.6 is 15.9 Å². The van der Waals surface area contributed by atoms with Gasteiger partial charge in [-0.2, -0.15) is 0 Å². The Balaban J connectivity index is 1.73. The molecule has 0 radical (unpaired) electrons. The number of carbonyl (C=O) groups excluding carboxylic acids is 2. The molecular formula is C19H15BrN2O2. The molecule has 1 aliphatic heterocycles. The second-order valence-corrected chi connectivity index (χ2v) is 6.44. The quantitative estimate of drug-likeness (QED) is 0.652. The molecule has 2 aromatic rings. The summed E-state index contributed by atoms with van der Waals surface area (Å²) >= 11 is 3.40. The van der Waals surface area contributed by atoms with E-state index in [4.69, 9.17) is 6.42 Å². The van der Waals surface area contributed by atoms with Crippen molar-refractivity contribution < 1.29 is 9.59 Å². The molecule has 0 aliphatic carbocycles. The van der Waals surface area contributed by atoms with Crippen LogP contribution in [0, 0.1) is 18.3 Å². The van der Waals surface area contributed by atoms with E-state index in [1.165, 1.54) is 0 Å². The summed E-state index contributed by atoms with van der Waals surface area (Å²) in [5.74, 6) is 1.36. The predicted molar refractivity (Wildman–Crippen MR) is 97.6 cm³/mol. The number of terminal acetylenes is 1. The molecule has 1 atom stereocenters. The van der Waals surface area contributed by atoms with Crippen LogP contribution in [0.15, 0.2) is 53.0 Å². The van der Waals surface area contributed by atoms with E-state index in [2.05, 4.69) is 27.2 Å². The maximum atomic E-state index is 12.6. The first-order valence-corrected chi connectivity index (χ1v) is 8.32. The minimum absolute atomic E-state index is 0.182. The molecule has 2 amide bonds. The van der Waals surface area contributed by atoms with E-state index in [-0.39, 0.29) is 11.8 Å². The molecule has 3 rings (SSSR count). The van der Waals surface area contributed by atoms with Gasteiger partial charge in [-0.1, -0.05) is 34.0 Å². The van der Waals surface area contributed by atoms with Gasteiger partial charge in [0.25, 0.3) is 0 Å². The first-order chi connectivity index (χ1) is 11.6. The molecule has 0 spiro atoms. The van der Waals surface area contributed by atoms with Crippen LogP contribution in [-0.4, -0.2) is 18.4 Å². The van der Waals surface area contributed by atoms with Crippen LogP contribution in [0.2, 0.25) is 0 Å². The van der Waals surface area contributed by atoms with Crippen molar-refractivity contribution in [2.45, 2.75) is 6.42 Å². The smallest absolute Gasteiger partial charge is 0.239 e. The minimum Gasteiger partial charge on any atom is -0.325 e. The van der Waals surface area contributed by atoms with Gasteiger partial charge in [0.2, 0.25) is 11.8 Å². The Hall–Kier alpha value is -2.58. The zero-order valence-electron chi connectivity index (χ0n) is 12.8. The number of anilines is 2. The van der Waals surface area contributed by atoms with E-state index in [1.807, 2.05) is 24.3 Å². The van der Waals surface area contributed by atoms with Crippen molar-refractivity contribution >= 4 is 39.1 Å². The number of rotatable bonds is 3. The molecule has 1 heterocycles. The molecule has 120 valence electrons. The second-order valence-electron chi connectivity index (χ2n) is 5.53. The topological polar surface area (TPSA) is 49.4 Å². The van der Waals surface area contributed by atoms with Crippen LogP contribution in [0.5, 0.6) is 0 Å². The van der Waals surface area contributed by atoms with E-state index in [9.17, 15) is 9.59 Å². The molecular weight excluding hydrogens is 368 g/mol. The van der Waals surface area contributed by atoms with Crippen LogP contribution < -0.4 is 10.2 Å². The van der Waals surface area contributed by atoms with Crippen LogP contribution in [0.1, 0.15) is 12.0 Å². The van der Waals surface area contributed by atoms with Crippen LogP contribution in [0.3, 0.4) is 0 Å². The Morgan fingerprint density at radius 2 is 2.04 bits per heavy atom. The van der Waals surface area contributed by atoms with Gasteiger partial charge in [-0.05, 0) is 42.8 Å². The number of hydrogen-bond acceptors (Lipinski definition) is 2. The molecule has 0 bridgehead atoms. The third kappa shape index (κ3) is 3.34. The lowest BCUT2D eigenvalue weighted by Crippen LogP contribution is -2.33. The van der Waals surface area contributed by atoms with Crippen molar-refractivity contribution in [1.29, 1.82) is 0 Å². The number of halogens is 1. The third-order valence-electron chi connectivity index (χ3n) is 3.94. The summed E-state index contributed by atoms with van der Waals surface area (Å²) in [4.78, 5) is 26.7. The summed E-state index contributed by atoms with van der Waals surface area (Å²) in [5.41, 5.74) is 2.07. The fraction of sp³-hybridized carbons (Fsp3) is 0.158. The fourth-order valence-corrected chi connectivity index (χ4v) is 3.13. The third-order valence-corrected chi connectivity index (χ3v) is 4.43. The highest BCUT2D eigenvalue weighted by Crippen LogP contribution is 2.28. The molecule has 5 heteroatoms. The number of amides is 2. The van der Waals surface area contributed by atoms with Gasteiger partial charge in [0.1, 0.15) is 5.92 Å². The molecule has 24 heavy (non-hydrogen) atoms. The monoisotopic (exact) mass is 382 g/mol. The van der Waals surface area contributed by atoms with Gasteiger partial charge in [0.05, 0.1) is 0 Å². The standard InChI is InChI=1S/C19H15BrN2O2/c1-2-13-5-3-7-15(11-13)21-18(23)17-9-10-22(19(17)24)16-8-4-6-14(20)12-16/h1,3-8,11-12,17H,9-10H2,(H,21,23). The summed E-state index contributed by atoms with van der Waals surface area (Å²) in [5, 5.41) is 2.78. The Kier molecular flexibility index (Phi) is 4.68. The van der Waals surface area contributed by atoms with Gasteiger partial charge < -0.3 is 10.2 Å². The van der Waals surface area contributed by atoms with Crippen molar-refractivity contribution in [3.8, 4) is 12.3 Å². The van der Waals surface area contributed by atoms with Crippen molar-refractivity contribution in [2.24, 2.45) is 5.92 Å². The number of nitrogens with one attached hydrogen (secondary N) is 1. The Bertz CT molecular complexity index is 841. The fourth-order valence-electron chi connectivity index (χ4n) is 2.74. The Labute approximate surface area is 149 Å². The highest BCUT2D eigenvalue weighted by atomic mass is 79.9. The first-order valence-electron chi connectivity index (χ1n) is 7.53. The molecule has 4 nitrogen and oxygen atoms in total. The van der Waals surface area contributed by atoms with Gasteiger partial charge in [-0.15, -0.1) is 6.42 Å². The minimum atomic E-state index is -0.682. The van der Waals surface area contributed by atoms with Crippen molar-refractivity contribution in [2.75, 3.05) is 16.8 Å². The molecule has 1 fully saturated rings. The molecule has 1 unspecified atom stereocenters. The summed E-state index contributed by atoms with van der Waals surface area (Å²) in [6, 6.07) is 14.5. The zero-order valence-corrected chi connectivity index (χ0v) is 14.4. The maximum absolute atomic E-state index is 12.6. The Morgan fingerprint density at radius 3 is 2.79 bits per heavy atom. The molecule has 1 aliphatic rings. The highest BCUT2D eigenvalue weighted by molar-refractivity contribution is 9.10. The lowest BCUT2D eigenvalue weighted by atomic mass is 10.1. The number of hydrogen-bond donors (Lipinski definition) is 1. The van der Waals surface area contributed by atoms with Crippen molar-refractivity contribution in [1.82, 2.24) is 0 Å².